The maximum atomic E-state index is 12.5. The van der Waals surface area contributed by atoms with E-state index in [1.807, 2.05) is 36.4 Å². The number of nitrogens with two attached hydrogens (primary N) is 1. The number of nitrogens with zero attached hydrogens (tertiary/aromatic N) is 2. The first-order chi connectivity index (χ1) is 14.0. The van der Waals surface area contributed by atoms with Gasteiger partial charge in [0.05, 0.1) is 5.39 Å². The smallest absolute Gasteiger partial charge is 0.254 e. The van der Waals surface area contributed by atoms with E-state index in [1.165, 1.54) is 13.1 Å². The van der Waals surface area contributed by atoms with E-state index in [-0.39, 0.29) is 11.3 Å². The zero-order valence-corrected chi connectivity index (χ0v) is 15.6. The third-order valence-corrected chi connectivity index (χ3v) is 4.78. The largest absolute Gasteiger partial charge is 0.365 e. The molecular weight excluding hydrogens is 366 g/mol. The highest BCUT2D eigenvalue weighted by atomic mass is 16.2. The Morgan fingerprint density at radius 1 is 0.966 bits per heavy atom. The number of benzene rings is 2. The van der Waals surface area contributed by atoms with Crippen LogP contribution < -0.4 is 11.2 Å². The predicted octanol–water partition coefficient (Wildman–Crippen LogP) is 3.35. The molecule has 4 aromatic rings. The number of carbonyl (C=O) groups excluding carboxylic acids is 2. The Kier molecular flexibility index (Phi) is 4.52. The quantitative estimate of drug-likeness (QED) is 0.547. The van der Waals surface area contributed by atoms with Gasteiger partial charge in [0, 0.05) is 23.6 Å². The lowest BCUT2D eigenvalue weighted by molar-refractivity contribution is 0.0995. The van der Waals surface area contributed by atoms with Crippen LogP contribution in [-0.4, -0.2) is 21.2 Å². The van der Waals surface area contributed by atoms with Gasteiger partial charge in [0.15, 0.2) is 5.78 Å². The fourth-order valence-electron chi connectivity index (χ4n) is 3.27. The molecule has 2 aromatic heterocycles. The van der Waals surface area contributed by atoms with Gasteiger partial charge < -0.3 is 10.3 Å². The molecule has 0 aliphatic heterocycles. The monoisotopic (exact) mass is 383 g/mol. The molecule has 2 aromatic carbocycles. The number of Topliss-reactive ketones (excluding diaryl/α,β-unsaturated/α-hetero) is 1. The molecule has 2 heterocycles. The van der Waals surface area contributed by atoms with Crippen LogP contribution in [-0.2, 0) is 0 Å². The van der Waals surface area contributed by atoms with Crippen molar-refractivity contribution < 1.29 is 9.59 Å². The molecule has 29 heavy (non-hydrogen) atoms. The highest BCUT2D eigenvalue weighted by Crippen LogP contribution is 2.24. The Labute approximate surface area is 166 Å². The Morgan fingerprint density at radius 2 is 1.72 bits per heavy atom. The Bertz CT molecular complexity index is 1320. The van der Waals surface area contributed by atoms with Crippen molar-refractivity contribution in [2.24, 2.45) is 5.73 Å². The van der Waals surface area contributed by atoms with E-state index < -0.39 is 11.3 Å². The number of hydrogen-bond donors (Lipinski definition) is 1. The highest BCUT2D eigenvalue weighted by molar-refractivity contribution is 5.96. The zero-order chi connectivity index (χ0) is 20.5. The second kappa shape index (κ2) is 7.16. The van der Waals surface area contributed by atoms with Crippen LogP contribution in [0.1, 0.15) is 27.6 Å². The Hall–Kier alpha value is -4.06. The number of amides is 1. The van der Waals surface area contributed by atoms with Crippen molar-refractivity contribution in [3.63, 3.8) is 0 Å². The summed E-state index contributed by atoms with van der Waals surface area (Å²) in [7, 11) is 0. The van der Waals surface area contributed by atoms with E-state index >= 15 is 0 Å². The molecular formula is C23H17N3O3. The van der Waals surface area contributed by atoms with Crippen LogP contribution in [0.3, 0.4) is 0 Å². The fraction of sp³-hybridized carbons (Fsp3) is 0.0435. The van der Waals surface area contributed by atoms with Gasteiger partial charge in [0.2, 0.25) is 5.43 Å². The average Bonchev–Trinajstić information content (AvgIpc) is 2.74. The molecule has 0 aliphatic carbocycles. The summed E-state index contributed by atoms with van der Waals surface area (Å²) in [6.45, 7) is 1.53. The SMILES string of the molecule is CC(=O)c1ccc(-c2cccc(-n3cc(C(N)=O)c(=O)c4cccnc43)c2)cc1. The first kappa shape index (κ1) is 18.3. The first-order valence-electron chi connectivity index (χ1n) is 8.98. The molecule has 0 radical (unpaired) electrons. The summed E-state index contributed by atoms with van der Waals surface area (Å²) in [6.07, 6.45) is 3.02. The van der Waals surface area contributed by atoms with Crippen molar-refractivity contribution in [3.05, 3.63) is 94.4 Å². The van der Waals surface area contributed by atoms with Gasteiger partial charge in [-0.3, -0.25) is 14.4 Å². The molecule has 6 heteroatoms. The average molecular weight is 383 g/mol. The summed E-state index contributed by atoms with van der Waals surface area (Å²) >= 11 is 0. The van der Waals surface area contributed by atoms with Crippen molar-refractivity contribution in [1.82, 2.24) is 9.55 Å². The van der Waals surface area contributed by atoms with Gasteiger partial charge in [-0.25, -0.2) is 4.98 Å². The van der Waals surface area contributed by atoms with E-state index in [0.717, 1.165) is 16.8 Å². The van der Waals surface area contributed by atoms with Gasteiger partial charge in [-0.2, -0.15) is 0 Å². The maximum absolute atomic E-state index is 12.5. The second-order valence-corrected chi connectivity index (χ2v) is 6.66. The molecule has 0 saturated heterocycles. The van der Waals surface area contributed by atoms with Crippen molar-refractivity contribution >= 4 is 22.7 Å². The minimum Gasteiger partial charge on any atom is -0.365 e. The van der Waals surface area contributed by atoms with Crippen molar-refractivity contribution in [1.29, 1.82) is 0 Å². The standard InChI is InChI=1S/C23H17N3O3/c1-14(27)15-7-9-16(10-8-15)17-4-2-5-18(12-17)26-13-20(22(24)29)21(28)19-6-3-11-25-23(19)26/h2-13H,1H3,(H2,24,29). The fourth-order valence-corrected chi connectivity index (χ4v) is 3.27. The molecule has 0 fully saturated rings. The van der Waals surface area contributed by atoms with Gasteiger partial charge in [-0.1, -0.05) is 36.4 Å². The Morgan fingerprint density at radius 3 is 2.41 bits per heavy atom. The van der Waals surface area contributed by atoms with Gasteiger partial charge in [-0.15, -0.1) is 0 Å². The van der Waals surface area contributed by atoms with E-state index in [0.29, 0.717) is 16.6 Å². The van der Waals surface area contributed by atoms with Crippen LogP contribution >= 0.6 is 0 Å². The highest BCUT2D eigenvalue weighted by Gasteiger charge is 2.15. The molecule has 6 nitrogen and oxygen atoms in total. The van der Waals surface area contributed by atoms with E-state index in [9.17, 15) is 14.4 Å². The molecule has 2 N–H and O–H groups in total. The maximum Gasteiger partial charge on any atom is 0.254 e. The van der Waals surface area contributed by atoms with E-state index in [4.69, 9.17) is 5.73 Å². The number of primary amides is 1. The molecule has 0 spiro atoms. The lowest BCUT2D eigenvalue weighted by Gasteiger charge is -2.13. The van der Waals surface area contributed by atoms with Gasteiger partial charge in [0.1, 0.15) is 11.2 Å². The number of fused-ring (bicyclic) bond motifs is 1. The number of aromatic nitrogens is 2. The van der Waals surface area contributed by atoms with Crippen LogP contribution in [0.15, 0.2) is 77.9 Å². The number of pyridine rings is 2. The summed E-state index contributed by atoms with van der Waals surface area (Å²) in [5, 5.41) is 0.319. The molecule has 0 bridgehead atoms. The third-order valence-electron chi connectivity index (χ3n) is 4.78. The molecule has 1 amide bonds. The third kappa shape index (κ3) is 3.32. The molecule has 0 aliphatic rings. The number of ketones is 1. The minimum atomic E-state index is -0.787. The van der Waals surface area contributed by atoms with Crippen LogP contribution in [0.25, 0.3) is 27.8 Å². The lowest BCUT2D eigenvalue weighted by Crippen LogP contribution is -2.24. The normalized spacial score (nSPS) is 10.8. The number of hydrogen-bond acceptors (Lipinski definition) is 4. The van der Waals surface area contributed by atoms with Gasteiger partial charge in [0.25, 0.3) is 5.91 Å². The van der Waals surface area contributed by atoms with Crippen LogP contribution in [0.4, 0.5) is 0 Å². The molecule has 142 valence electrons. The van der Waals surface area contributed by atoms with Crippen molar-refractivity contribution in [2.75, 3.05) is 0 Å². The van der Waals surface area contributed by atoms with Gasteiger partial charge >= 0.3 is 0 Å². The van der Waals surface area contributed by atoms with Crippen molar-refractivity contribution in [3.8, 4) is 16.8 Å². The number of rotatable bonds is 4. The molecule has 0 saturated carbocycles. The lowest BCUT2D eigenvalue weighted by atomic mass is 10.0. The van der Waals surface area contributed by atoms with Crippen LogP contribution in [0, 0.1) is 0 Å². The van der Waals surface area contributed by atoms with Crippen molar-refractivity contribution in [2.45, 2.75) is 6.92 Å². The van der Waals surface area contributed by atoms with Crippen LogP contribution in [0.5, 0.6) is 0 Å². The zero-order valence-electron chi connectivity index (χ0n) is 15.6. The predicted molar refractivity (Wildman–Crippen MR) is 111 cm³/mol. The second-order valence-electron chi connectivity index (χ2n) is 6.66. The topological polar surface area (TPSA) is 95.0 Å². The number of carbonyl (C=O) groups is 2. The minimum absolute atomic E-state index is 0.00934. The first-order valence-corrected chi connectivity index (χ1v) is 8.98. The van der Waals surface area contributed by atoms with E-state index in [2.05, 4.69) is 4.98 Å². The molecule has 0 unspecified atom stereocenters. The summed E-state index contributed by atoms with van der Waals surface area (Å²) in [4.78, 5) is 40.2. The summed E-state index contributed by atoms with van der Waals surface area (Å²) in [5.74, 6) is -0.777. The molecule has 4 rings (SSSR count). The van der Waals surface area contributed by atoms with E-state index in [1.54, 1.807) is 35.0 Å². The Balaban J connectivity index is 1.90. The summed E-state index contributed by atoms with van der Waals surface area (Å²) < 4.78 is 1.68. The molecule has 0 atom stereocenters. The summed E-state index contributed by atoms with van der Waals surface area (Å²) in [6, 6.07) is 18.2. The van der Waals surface area contributed by atoms with Crippen LogP contribution in [0.2, 0.25) is 0 Å². The summed E-state index contributed by atoms with van der Waals surface area (Å²) in [5.41, 5.74) is 8.54. The van der Waals surface area contributed by atoms with Gasteiger partial charge in [-0.05, 0) is 42.3 Å².